The van der Waals surface area contributed by atoms with Crippen LogP contribution in [-0.4, -0.2) is 62.2 Å². The zero-order valence-corrected chi connectivity index (χ0v) is 40.8. The second-order valence-electron chi connectivity index (χ2n) is 17.5. The Kier molecular flexibility index (Phi) is 10.2. The van der Waals surface area contributed by atoms with Gasteiger partial charge in [0.05, 0.1) is 51.0 Å². The summed E-state index contributed by atoms with van der Waals surface area (Å²) >= 11 is 5.70. The zero-order chi connectivity index (χ0) is 49.1. The molecular formula is C52H33FN8O8S4. The fourth-order valence-corrected chi connectivity index (χ4v) is 12.7. The fraction of sp³-hybridized carbons (Fsp3) is 0.115. The van der Waals surface area contributed by atoms with E-state index in [0.717, 1.165) is 31.6 Å². The largest absolute Gasteiger partial charge is 0.482 e. The summed E-state index contributed by atoms with van der Waals surface area (Å²) in [6.45, 7) is 0.547. The highest BCUT2D eigenvalue weighted by Gasteiger charge is 2.43. The monoisotopic (exact) mass is 1040 g/mol. The van der Waals surface area contributed by atoms with Crippen LogP contribution in [0.4, 0.5) is 32.8 Å². The molecule has 4 N–H and O–H groups in total. The molecular weight excluding hydrogens is 1010 g/mol. The van der Waals surface area contributed by atoms with Crippen molar-refractivity contribution in [2.45, 2.75) is 22.0 Å². The molecule has 14 rings (SSSR count). The Morgan fingerprint density at radius 3 is 2.52 bits per heavy atom. The number of carbonyl (C=O) groups excluding carboxylic acids is 4. The molecule has 0 fully saturated rings. The first kappa shape index (κ1) is 43.8. The number of anilines is 5. The van der Waals surface area contributed by atoms with Gasteiger partial charge in [0.25, 0.3) is 11.8 Å². The molecule has 0 spiro atoms. The van der Waals surface area contributed by atoms with E-state index in [1.807, 2.05) is 59.2 Å². The Labute approximate surface area is 430 Å². The van der Waals surface area contributed by atoms with Gasteiger partial charge in [-0.1, -0.05) is 22.7 Å². The summed E-state index contributed by atoms with van der Waals surface area (Å²) < 4.78 is 52.8. The molecule has 2 unspecified atom stereocenters. The maximum Gasteiger partial charge on any atom is 0.357 e. The van der Waals surface area contributed by atoms with Gasteiger partial charge in [-0.05, 0) is 107 Å². The van der Waals surface area contributed by atoms with Gasteiger partial charge in [-0.2, -0.15) is 0 Å². The van der Waals surface area contributed by atoms with Crippen molar-refractivity contribution < 1.29 is 42.5 Å². The summed E-state index contributed by atoms with van der Waals surface area (Å²) in [6.07, 6.45) is 5.10. The number of ether oxygens (including phenoxy) is 4. The van der Waals surface area contributed by atoms with E-state index < -0.39 is 29.9 Å². The Morgan fingerprint density at radius 2 is 1.59 bits per heavy atom. The molecule has 0 radical (unpaired) electrons. The lowest BCUT2D eigenvalue weighted by atomic mass is 9.84. The zero-order valence-electron chi connectivity index (χ0n) is 37.5. The number of amides is 3. The lowest BCUT2D eigenvalue weighted by Gasteiger charge is -2.37. The second-order valence-corrected chi connectivity index (χ2v) is 21.3. The van der Waals surface area contributed by atoms with Gasteiger partial charge in [0.15, 0.2) is 18.1 Å². The van der Waals surface area contributed by atoms with Crippen LogP contribution in [0.15, 0.2) is 131 Å². The van der Waals surface area contributed by atoms with Crippen LogP contribution >= 0.6 is 47.2 Å². The van der Waals surface area contributed by atoms with Crippen molar-refractivity contribution in [2.24, 2.45) is 0 Å². The number of allylic oxidation sites excluding steroid dienone is 3. The number of fused-ring (bicyclic) bond motifs is 7. The number of thioether (sulfide) groups is 2. The molecule has 7 aliphatic rings. The molecule has 73 heavy (non-hydrogen) atoms. The molecule has 7 aromatic rings. The van der Waals surface area contributed by atoms with E-state index in [1.54, 1.807) is 60.3 Å². The van der Waals surface area contributed by atoms with Gasteiger partial charge in [-0.3, -0.25) is 23.6 Å². The van der Waals surface area contributed by atoms with E-state index in [-0.39, 0.29) is 52.7 Å². The number of rotatable bonds is 6. The van der Waals surface area contributed by atoms with E-state index in [9.17, 15) is 14.4 Å². The van der Waals surface area contributed by atoms with Crippen molar-refractivity contribution in [3.05, 3.63) is 144 Å². The van der Waals surface area contributed by atoms with Crippen LogP contribution in [0.25, 0.3) is 38.0 Å². The number of hydrogen-bond acceptors (Lipinski definition) is 17. The maximum absolute atomic E-state index is 17.1. The van der Waals surface area contributed by atoms with Crippen LogP contribution in [0.2, 0.25) is 0 Å². The van der Waals surface area contributed by atoms with Crippen LogP contribution in [-0.2, 0) is 19.2 Å². The quantitative estimate of drug-likeness (QED) is 0.0700. The van der Waals surface area contributed by atoms with Gasteiger partial charge in [0.1, 0.15) is 22.8 Å². The highest BCUT2D eigenvalue weighted by molar-refractivity contribution is 8.00. The molecule has 0 saturated heterocycles. The number of benzene rings is 6. The third-order valence-corrected chi connectivity index (χ3v) is 16.7. The van der Waals surface area contributed by atoms with Crippen LogP contribution < -0.4 is 44.5 Å². The van der Waals surface area contributed by atoms with Crippen LogP contribution in [0.5, 0.6) is 23.0 Å². The Morgan fingerprint density at radius 1 is 0.753 bits per heavy atom. The van der Waals surface area contributed by atoms with Crippen molar-refractivity contribution in [2.75, 3.05) is 45.5 Å². The summed E-state index contributed by atoms with van der Waals surface area (Å²) in [6, 6.07) is 25.9. The first-order valence-corrected chi connectivity index (χ1v) is 26.3. The van der Waals surface area contributed by atoms with Crippen molar-refractivity contribution in [1.82, 2.24) is 18.6 Å². The molecule has 6 aromatic carbocycles. The molecule has 21 heteroatoms. The number of aromatic nitrogens is 2. The minimum absolute atomic E-state index is 0.0247. The Balaban J connectivity index is 1.03. The number of nitrogens with zero attached hydrogens (tertiary/aromatic N) is 4. The molecule has 0 bridgehead atoms. The second kappa shape index (κ2) is 17.1. The molecule has 7 aliphatic heterocycles. The highest BCUT2D eigenvalue weighted by atomic mass is 32.2. The van der Waals surface area contributed by atoms with Gasteiger partial charge < -0.3 is 39.6 Å². The van der Waals surface area contributed by atoms with Gasteiger partial charge in [0, 0.05) is 74.1 Å². The summed E-state index contributed by atoms with van der Waals surface area (Å²) in [5, 5.41) is 13.6. The number of nitrogens with one attached hydrogen (secondary N) is 4. The summed E-state index contributed by atoms with van der Waals surface area (Å²) in [4.78, 5) is 58.5. The molecule has 0 aliphatic carbocycles. The number of esters is 1. The van der Waals surface area contributed by atoms with Crippen LogP contribution in [0.1, 0.15) is 28.9 Å². The van der Waals surface area contributed by atoms with Crippen LogP contribution in [0.3, 0.4) is 0 Å². The average Bonchev–Trinajstić information content (AvgIpc) is 4.09. The van der Waals surface area contributed by atoms with Crippen molar-refractivity contribution >= 4 is 115 Å². The molecule has 16 nitrogen and oxygen atoms in total. The SMILES string of the molecule is O=C1COc2ccc(C3Oc4cc(F)cc(-c5c(C6=CC7=CNSN7C=C6)cc6c(c5-c5ccc7c(c5)NCCS7)OC(=O)C(c5ccc7c(c5)NC(=O)CS7)O6)c4N(c4ccc5snnc5c4)C3=O)cc2N1. The Hall–Kier alpha value is -7.98. The summed E-state index contributed by atoms with van der Waals surface area (Å²) in [5.41, 5.74) is 7.37. The lowest BCUT2D eigenvalue weighted by Crippen LogP contribution is -2.38. The van der Waals surface area contributed by atoms with E-state index in [4.69, 9.17) is 18.9 Å². The van der Waals surface area contributed by atoms with Gasteiger partial charge >= 0.3 is 5.97 Å². The van der Waals surface area contributed by atoms with E-state index in [1.165, 1.54) is 52.5 Å². The molecule has 2 atom stereocenters. The number of hydrogen-bond donors (Lipinski definition) is 4. The summed E-state index contributed by atoms with van der Waals surface area (Å²) in [7, 11) is 0. The Bertz CT molecular complexity index is 3750. The van der Waals surface area contributed by atoms with E-state index >= 15 is 9.18 Å². The normalized spacial score (nSPS) is 19.1. The number of carbonyl (C=O) groups is 4. The standard InChI is InChI=1S/C52H33FN8O8S4/c53-28-17-32(47-38(18-28)67-48(26-1-5-37-33(15-26)56-43(62)22-66-37)51(64)61(47)29-4-8-42-36(19-29)58-59-72-42)46-31(24-9-11-60-30(13-24)21-55-73-60)20-39-50(45(46)25-2-6-40-34(14-25)54-10-12-70-40)69-52(65)49(68-39)27-3-7-41-35(16-27)57-44(63)23-71-41/h1-9,11,13-21,48-49,54-55H,10,12,22-23H2,(H,56,62)(H,57,63). The first-order chi connectivity index (χ1) is 35.7. The van der Waals surface area contributed by atoms with Gasteiger partial charge in [-0.25, -0.2) is 9.18 Å². The molecule has 1 aromatic heterocycles. The average molecular weight is 1050 g/mol. The third kappa shape index (κ3) is 7.43. The smallest absolute Gasteiger partial charge is 0.357 e. The third-order valence-electron chi connectivity index (χ3n) is 13.1. The predicted molar refractivity (Wildman–Crippen MR) is 278 cm³/mol. The van der Waals surface area contributed by atoms with Crippen molar-refractivity contribution in [3.8, 4) is 45.3 Å². The first-order valence-electron chi connectivity index (χ1n) is 22.8. The highest BCUT2D eigenvalue weighted by Crippen LogP contribution is 2.58. The summed E-state index contributed by atoms with van der Waals surface area (Å²) in [5.74, 6) is -0.584. The van der Waals surface area contributed by atoms with E-state index in [2.05, 4.69) is 30.3 Å². The van der Waals surface area contributed by atoms with Crippen molar-refractivity contribution in [1.29, 1.82) is 0 Å². The number of halogens is 1. The maximum atomic E-state index is 17.1. The molecule has 0 saturated carbocycles. The topological polar surface area (TPSA) is 186 Å². The van der Waals surface area contributed by atoms with Crippen LogP contribution in [0, 0.1) is 5.82 Å². The van der Waals surface area contributed by atoms with Crippen molar-refractivity contribution in [3.63, 3.8) is 0 Å². The minimum Gasteiger partial charge on any atom is -0.482 e. The van der Waals surface area contributed by atoms with E-state index in [0.29, 0.717) is 73.8 Å². The van der Waals surface area contributed by atoms with Gasteiger partial charge in [-0.15, -0.1) is 28.6 Å². The molecule has 8 heterocycles. The molecule has 3 amide bonds. The minimum atomic E-state index is -1.33. The predicted octanol–water partition coefficient (Wildman–Crippen LogP) is 10.1. The lowest BCUT2D eigenvalue weighted by molar-refractivity contribution is -0.145. The van der Waals surface area contributed by atoms with Gasteiger partial charge in [0.2, 0.25) is 18.1 Å². The molecule has 360 valence electrons. The fourth-order valence-electron chi connectivity index (χ4n) is 9.84.